The van der Waals surface area contributed by atoms with E-state index in [4.69, 9.17) is 9.97 Å². The van der Waals surface area contributed by atoms with Gasteiger partial charge in [0.2, 0.25) is 0 Å². The maximum absolute atomic E-state index is 14.9. The quantitative estimate of drug-likeness (QED) is 0.0746. The number of carbonyl (C=O) groups is 2. The van der Waals surface area contributed by atoms with Gasteiger partial charge in [0.05, 0.1) is 22.5 Å². The van der Waals surface area contributed by atoms with E-state index in [1.54, 1.807) is 0 Å². The molecule has 2 aliphatic heterocycles. The van der Waals surface area contributed by atoms with Crippen LogP contribution in [0, 0.1) is 11.8 Å². The molecule has 2 atom stereocenters. The van der Waals surface area contributed by atoms with Gasteiger partial charge in [0.1, 0.15) is 10.0 Å². The Balaban J connectivity index is 1.63. The van der Waals surface area contributed by atoms with Crippen molar-refractivity contribution in [1.82, 2.24) is 19.8 Å². The van der Waals surface area contributed by atoms with E-state index in [-0.39, 0.29) is 11.8 Å². The minimum Gasteiger partial charge on any atom is -0.304 e. The Hall–Kier alpha value is -2.32. The Morgan fingerprint density at radius 2 is 0.788 bits per heavy atom. The van der Waals surface area contributed by atoms with Crippen LogP contribution in [0.2, 0.25) is 0 Å². The number of hydrogen-bond donors (Lipinski definition) is 0. The van der Waals surface area contributed by atoms with Crippen LogP contribution in [0.4, 0.5) is 0 Å². The summed E-state index contributed by atoms with van der Waals surface area (Å²) in [5.74, 6) is 0.749. The Kier molecular flexibility index (Phi) is 19.7. The van der Waals surface area contributed by atoms with Gasteiger partial charge >= 0.3 is 0 Å². The highest BCUT2D eigenvalue weighted by molar-refractivity contribution is 7.11. The van der Waals surface area contributed by atoms with Crippen LogP contribution < -0.4 is 0 Å². The van der Waals surface area contributed by atoms with Gasteiger partial charge in [-0.25, -0.2) is 9.97 Å². The molecule has 4 heterocycles. The molecule has 8 heteroatoms. The molecule has 0 saturated carbocycles. The third kappa shape index (κ3) is 12.4. The number of hydrogen-bond acceptors (Lipinski definition) is 6. The minimum absolute atomic E-state index is 0.0295. The molecule has 0 N–H and O–H groups in total. The van der Waals surface area contributed by atoms with E-state index in [2.05, 4.69) is 27.7 Å². The highest BCUT2D eigenvalue weighted by Crippen LogP contribution is 2.48. The lowest BCUT2D eigenvalue weighted by Gasteiger charge is -2.29. The van der Waals surface area contributed by atoms with Crippen molar-refractivity contribution in [2.75, 3.05) is 13.1 Å². The van der Waals surface area contributed by atoms with Gasteiger partial charge in [-0.3, -0.25) is 9.59 Å². The lowest BCUT2D eigenvalue weighted by atomic mass is 9.93. The summed E-state index contributed by atoms with van der Waals surface area (Å²) in [6, 6.07) is 0. The van der Waals surface area contributed by atoms with Crippen LogP contribution in [0.1, 0.15) is 192 Å². The summed E-state index contributed by atoms with van der Waals surface area (Å²) in [5.41, 5.74) is 2.62. The molecule has 2 aliphatic rings. The number of thiazole rings is 2. The van der Waals surface area contributed by atoms with Gasteiger partial charge in [-0.05, 0) is 37.5 Å². The summed E-state index contributed by atoms with van der Waals surface area (Å²) in [7, 11) is 0. The van der Waals surface area contributed by atoms with E-state index >= 15 is 0 Å². The van der Waals surface area contributed by atoms with Crippen LogP contribution in [-0.2, 0) is 9.59 Å². The van der Waals surface area contributed by atoms with Gasteiger partial charge in [0, 0.05) is 36.2 Å². The maximum atomic E-state index is 14.9. The molecular formula is C44H70N4O2S2. The molecule has 0 saturated heterocycles. The second-order valence-electron chi connectivity index (χ2n) is 15.5. The number of rotatable bonds is 30. The van der Waals surface area contributed by atoms with Crippen LogP contribution >= 0.6 is 22.7 Å². The number of carbonyl (C=O) groups excluding carboxylic acids is 2. The summed E-state index contributed by atoms with van der Waals surface area (Å²) >= 11 is 3.07. The molecular weight excluding hydrogens is 681 g/mol. The molecule has 0 fully saturated rings. The first kappa shape index (κ1) is 42.4. The Labute approximate surface area is 325 Å². The molecule has 0 bridgehead atoms. The van der Waals surface area contributed by atoms with E-state index in [1.807, 2.05) is 33.0 Å². The summed E-state index contributed by atoms with van der Waals surface area (Å²) in [4.78, 5) is 43.2. The Morgan fingerprint density at radius 3 is 1.10 bits per heavy atom. The predicted molar refractivity (Wildman–Crippen MR) is 222 cm³/mol. The van der Waals surface area contributed by atoms with Crippen molar-refractivity contribution < 1.29 is 9.59 Å². The molecule has 0 aliphatic carbocycles. The zero-order valence-electron chi connectivity index (χ0n) is 33.3. The lowest BCUT2D eigenvalue weighted by molar-refractivity contribution is -0.124. The van der Waals surface area contributed by atoms with Crippen molar-refractivity contribution in [3.63, 3.8) is 0 Å². The smallest absolute Gasteiger partial charge is 0.261 e. The van der Waals surface area contributed by atoms with Crippen molar-refractivity contribution in [3.05, 3.63) is 44.3 Å². The predicted octanol–water partition coefficient (Wildman–Crippen LogP) is 13.1. The third-order valence-electron chi connectivity index (χ3n) is 11.2. The first-order valence-electron chi connectivity index (χ1n) is 21.5. The van der Waals surface area contributed by atoms with Gasteiger partial charge < -0.3 is 9.80 Å². The SMILES string of the molecule is CCCCCCCCC(CCCCCC)CN1C(=O)C2=C(c3nccs3)N(CC(CCCCCC)CCCCCCCC)C(=O)C2=C1c1nccs1. The number of fused-ring (bicyclic) bond motifs is 1. The number of amides is 2. The van der Waals surface area contributed by atoms with Gasteiger partial charge in [-0.15, -0.1) is 22.7 Å². The van der Waals surface area contributed by atoms with Crippen LogP contribution in [0.25, 0.3) is 11.4 Å². The molecule has 52 heavy (non-hydrogen) atoms. The monoisotopic (exact) mass is 750 g/mol. The van der Waals surface area contributed by atoms with E-state index < -0.39 is 0 Å². The summed E-state index contributed by atoms with van der Waals surface area (Å²) in [5, 5.41) is 5.49. The standard InChI is InChI=1S/C44H70N4O2S2/c1-5-9-13-17-19-23-27-35(25-21-15-11-7-3)33-47-39(41-45-29-31-51-41)37-38(43(47)49)40(42-46-30-32-52-42)48(44(37)50)34-36(26-22-16-12-8-4)28-24-20-18-14-10-6-2/h29-32,35-36H,5-28,33-34H2,1-4H3. The van der Waals surface area contributed by atoms with Crippen LogP contribution in [0.5, 0.6) is 0 Å². The average Bonchev–Trinajstić information content (AvgIpc) is 3.96. The molecule has 2 amide bonds. The highest BCUT2D eigenvalue weighted by Gasteiger charge is 2.50. The Bertz CT molecular complexity index is 1260. The topological polar surface area (TPSA) is 66.4 Å². The molecule has 6 nitrogen and oxygen atoms in total. The summed E-state index contributed by atoms with van der Waals surface area (Å²) in [6.07, 6.45) is 33.2. The van der Waals surface area contributed by atoms with Gasteiger partial charge in [-0.1, -0.05) is 156 Å². The first-order valence-corrected chi connectivity index (χ1v) is 23.2. The van der Waals surface area contributed by atoms with E-state index in [1.165, 1.54) is 151 Å². The molecule has 0 radical (unpaired) electrons. The second kappa shape index (κ2) is 24.2. The highest BCUT2D eigenvalue weighted by atomic mass is 32.1. The first-order chi connectivity index (χ1) is 25.5. The number of aromatic nitrogens is 2. The van der Waals surface area contributed by atoms with Crippen molar-refractivity contribution in [2.45, 2.75) is 182 Å². The van der Waals surface area contributed by atoms with Crippen molar-refractivity contribution >= 4 is 45.9 Å². The van der Waals surface area contributed by atoms with Gasteiger partial charge in [0.15, 0.2) is 0 Å². The molecule has 2 unspecified atom stereocenters. The normalized spacial score (nSPS) is 15.8. The van der Waals surface area contributed by atoms with Crippen LogP contribution in [0.15, 0.2) is 34.3 Å². The second-order valence-corrected chi connectivity index (χ2v) is 17.3. The van der Waals surface area contributed by atoms with Crippen LogP contribution in [-0.4, -0.2) is 44.7 Å². The van der Waals surface area contributed by atoms with Crippen molar-refractivity contribution in [3.8, 4) is 0 Å². The largest absolute Gasteiger partial charge is 0.304 e. The number of nitrogens with zero attached hydrogens (tertiary/aromatic N) is 4. The third-order valence-corrected chi connectivity index (χ3v) is 12.8. The van der Waals surface area contributed by atoms with E-state index in [0.29, 0.717) is 36.1 Å². The zero-order valence-corrected chi connectivity index (χ0v) is 34.9. The molecule has 2 aromatic rings. The summed E-state index contributed by atoms with van der Waals surface area (Å²) in [6.45, 7) is 10.4. The van der Waals surface area contributed by atoms with Crippen molar-refractivity contribution in [2.24, 2.45) is 11.8 Å². The molecule has 2 aromatic heterocycles. The van der Waals surface area contributed by atoms with Crippen LogP contribution in [0.3, 0.4) is 0 Å². The maximum Gasteiger partial charge on any atom is 0.261 e. The summed E-state index contributed by atoms with van der Waals surface area (Å²) < 4.78 is 0. The molecule has 0 aromatic carbocycles. The van der Waals surface area contributed by atoms with E-state index in [0.717, 1.165) is 47.1 Å². The van der Waals surface area contributed by atoms with Gasteiger partial charge in [0.25, 0.3) is 11.8 Å². The fraction of sp³-hybridized carbons (Fsp3) is 0.727. The zero-order chi connectivity index (χ0) is 37.0. The van der Waals surface area contributed by atoms with Gasteiger partial charge in [-0.2, -0.15) is 0 Å². The molecule has 4 rings (SSSR count). The fourth-order valence-corrected chi connectivity index (χ4v) is 9.58. The average molecular weight is 751 g/mol. The Morgan fingerprint density at radius 1 is 0.481 bits per heavy atom. The minimum atomic E-state index is -0.0295. The molecule has 0 spiro atoms. The molecule has 290 valence electrons. The van der Waals surface area contributed by atoms with E-state index in [9.17, 15) is 9.59 Å². The lowest BCUT2D eigenvalue weighted by Crippen LogP contribution is -2.35. The number of unbranched alkanes of at least 4 members (excludes halogenated alkanes) is 16. The van der Waals surface area contributed by atoms with Crippen molar-refractivity contribution in [1.29, 1.82) is 0 Å². The fourth-order valence-electron chi connectivity index (χ4n) is 8.19.